The predicted octanol–water partition coefficient (Wildman–Crippen LogP) is 9.19. The molecule has 10 atom stereocenters. The van der Waals surface area contributed by atoms with E-state index >= 15 is 0 Å². The van der Waals surface area contributed by atoms with Crippen LogP contribution >= 0.6 is 12.4 Å². The lowest BCUT2D eigenvalue weighted by atomic mass is 9.73. The van der Waals surface area contributed by atoms with Gasteiger partial charge in [0.05, 0.1) is 18.0 Å². The lowest BCUT2D eigenvalue weighted by Gasteiger charge is -2.36. The highest BCUT2D eigenvalue weighted by molar-refractivity contribution is 5.92. The molecule has 6 saturated carbocycles. The topological polar surface area (TPSA) is 230 Å². The fourth-order valence-corrected chi connectivity index (χ4v) is 16.6. The molecule has 2 aliphatic heterocycles. The molecule has 14 heteroatoms. The van der Waals surface area contributed by atoms with Crippen molar-refractivity contribution in [3.8, 4) is 0 Å². The van der Waals surface area contributed by atoms with Crippen molar-refractivity contribution in [1.82, 2.24) is 10.2 Å². The smallest absolute Gasteiger partial charge is 0.307 e. The van der Waals surface area contributed by atoms with Crippen LogP contribution in [0.1, 0.15) is 212 Å². The van der Waals surface area contributed by atoms with Gasteiger partial charge in [-0.15, -0.1) is 12.4 Å². The lowest BCUT2D eigenvalue weighted by molar-refractivity contribution is -0.145. The van der Waals surface area contributed by atoms with Gasteiger partial charge in [0.15, 0.2) is 5.78 Å². The van der Waals surface area contributed by atoms with Crippen molar-refractivity contribution in [1.29, 1.82) is 0 Å². The minimum atomic E-state index is -1.31. The van der Waals surface area contributed by atoms with E-state index in [9.17, 15) is 39.0 Å². The van der Waals surface area contributed by atoms with E-state index in [4.69, 9.17) is 16.6 Å². The van der Waals surface area contributed by atoms with Crippen molar-refractivity contribution in [2.24, 2.45) is 90.3 Å². The number of carboxylic acids is 1. The normalized spacial score (nSPS) is 30.5. The molecule has 6 aliphatic carbocycles. The van der Waals surface area contributed by atoms with Crippen molar-refractivity contribution in [2.45, 2.75) is 236 Å². The van der Waals surface area contributed by atoms with Gasteiger partial charge >= 0.3 is 5.97 Å². The summed E-state index contributed by atoms with van der Waals surface area (Å²) in [6, 6.07) is -0.597. The summed E-state index contributed by atoms with van der Waals surface area (Å²) in [5.41, 5.74) is 11.9. The molecule has 2 heterocycles. The van der Waals surface area contributed by atoms with Gasteiger partial charge in [-0.3, -0.25) is 28.8 Å². The molecule has 0 bridgehead atoms. The number of likely N-dealkylation sites (tertiary alicyclic amines) is 1. The summed E-state index contributed by atoms with van der Waals surface area (Å²) in [5, 5.41) is 33.0. The molecule has 0 aromatic carbocycles. The van der Waals surface area contributed by atoms with E-state index in [0.717, 1.165) is 57.9 Å². The number of nitrogens with one attached hydrogen (secondary N) is 1. The van der Waals surface area contributed by atoms with E-state index in [-0.39, 0.29) is 99.0 Å². The Kier molecular flexibility index (Phi) is 18.2. The van der Waals surface area contributed by atoms with Crippen molar-refractivity contribution in [2.75, 3.05) is 13.1 Å². The number of hydrogen-bond acceptors (Lipinski definition) is 9. The van der Waals surface area contributed by atoms with Crippen LogP contribution in [0.5, 0.6) is 0 Å². The van der Waals surface area contributed by atoms with Crippen LogP contribution in [-0.2, 0) is 28.8 Å². The molecule has 4 spiro atoms. The molecule has 0 aromatic rings. The van der Waals surface area contributed by atoms with Gasteiger partial charge in [-0.25, -0.2) is 0 Å². The van der Waals surface area contributed by atoms with Crippen LogP contribution in [-0.4, -0.2) is 92.9 Å². The number of Topliss-reactive ketones (excluding diaryl/α,β-unsaturated/α-hetero) is 2. The molecule has 8 rings (SSSR count). The van der Waals surface area contributed by atoms with Gasteiger partial charge in [0.2, 0.25) is 17.7 Å². The summed E-state index contributed by atoms with van der Waals surface area (Å²) in [6.07, 6.45) is 16.6. The largest absolute Gasteiger partial charge is 0.481 e. The van der Waals surface area contributed by atoms with Crippen LogP contribution in [0.3, 0.4) is 0 Å². The van der Waals surface area contributed by atoms with E-state index in [1.165, 1.54) is 44.9 Å². The fourth-order valence-electron chi connectivity index (χ4n) is 16.6. The van der Waals surface area contributed by atoms with Gasteiger partial charge < -0.3 is 37.0 Å². The highest BCUT2D eigenvalue weighted by atomic mass is 35.5. The summed E-state index contributed by atoms with van der Waals surface area (Å²) in [5.74, 6) is -2.06. The SMILES string of the molecule is CC1(C)C2(CCC2)[C@]12CN[C@H](C(=O)CC(CC1CCC1)C(O)C(N)=O)C2.CC[C@H](C(=O)N1C[C@]2(C[C@H]1C(=O)CC(CC1CCC1)C(O)C(N)=O)C(C)(C)C21CCC1)C(C)(C)C.CC[C@H](C(=O)O)C(C)(C)C.Cl. The maximum absolute atomic E-state index is 14.0. The average Bonchev–Trinajstić information content (AvgIpc) is 3.53. The minimum Gasteiger partial charge on any atom is -0.481 e. The summed E-state index contributed by atoms with van der Waals surface area (Å²) in [7, 11) is 0. The van der Waals surface area contributed by atoms with Crippen molar-refractivity contribution in [3.63, 3.8) is 0 Å². The fraction of sp³-hybridized carbons (Fsp3) is 0.897. The number of carbonyl (C=O) groups is 6. The number of amides is 3. The van der Waals surface area contributed by atoms with Crippen molar-refractivity contribution < 1.29 is 44.1 Å². The number of aliphatic hydroxyl groups is 2. The molecule has 0 aromatic heterocycles. The van der Waals surface area contributed by atoms with Crippen LogP contribution in [0.25, 0.3) is 0 Å². The van der Waals surface area contributed by atoms with E-state index in [0.29, 0.717) is 48.5 Å². The number of nitrogens with zero attached hydrogens (tertiary/aromatic N) is 1. The first kappa shape index (κ1) is 60.3. The van der Waals surface area contributed by atoms with Crippen LogP contribution in [0.4, 0.5) is 0 Å². The molecular formula is C58H99ClN4O9. The summed E-state index contributed by atoms with van der Waals surface area (Å²) in [6.45, 7) is 27.1. The highest BCUT2D eigenvalue weighted by Gasteiger charge is 2.85. The Morgan fingerprint density at radius 3 is 1.35 bits per heavy atom. The Bertz CT molecular complexity index is 1990. The standard InChI is InChI=1S/C29H48N2O4.C21H34N2O3.C8H16O2.ClH/c1-7-20(26(2,3)4)25(35)31-17-29(27(5,6)28(29)12-9-13-28)16-21(31)22(32)15-19(23(33)24(30)34)14-18-10-8-11-18;1-19(2)20(7-4-8-20)21(19)11-15(23-12-21)16(24)10-14(17(25)18(22)26)9-13-5-3-6-13;1-5-6(7(9)10)8(2,3)4;/h18-21,23,33H,7-17H2,1-6H3,(H2,30,34);13-15,17,23,25H,3-12H2,1-2H3,(H2,22,26);6H,5H2,1-4H3,(H,9,10);1H/t19?,20-,21+,23?,29-;14?,15-,17?,21+;6-;/m101./s1. The second-order valence-electron chi connectivity index (χ2n) is 27.7. The third kappa shape index (κ3) is 10.5. The maximum Gasteiger partial charge on any atom is 0.307 e. The van der Waals surface area contributed by atoms with Gasteiger partial charge in [0.1, 0.15) is 18.0 Å². The number of rotatable bonds is 18. The first-order valence-electron chi connectivity index (χ1n) is 28.1. The zero-order chi connectivity index (χ0) is 53.1. The van der Waals surface area contributed by atoms with Gasteiger partial charge in [-0.2, -0.15) is 0 Å². The Morgan fingerprint density at radius 2 is 1.04 bits per heavy atom. The zero-order valence-corrected chi connectivity index (χ0v) is 47.4. The van der Waals surface area contributed by atoms with Gasteiger partial charge in [-0.1, -0.05) is 134 Å². The summed E-state index contributed by atoms with van der Waals surface area (Å²) in [4.78, 5) is 76.8. The van der Waals surface area contributed by atoms with Gasteiger partial charge in [0, 0.05) is 49.1 Å². The Balaban J connectivity index is 0.000000228. The molecule has 72 heavy (non-hydrogen) atoms. The van der Waals surface area contributed by atoms with Gasteiger partial charge in [0.25, 0.3) is 0 Å². The first-order valence-corrected chi connectivity index (χ1v) is 28.1. The quantitative estimate of drug-likeness (QED) is 0.0762. The Hall–Kier alpha value is -2.61. The number of aliphatic hydroxyl groups excluding tert-OH is 2. The number of hydrogen-bond donors (Lipinski definition) is 6. The van der Waals surface area contributed by atoms with E-state index in [1.54, 1.807) is 0 Å². The molecule has 0 radical (unpaired) electrons. The lowest BCUT2D eigenvalue weighted by Crippen LogP contribution is -2.47. The molecule has 3 amide bonds. The number of primary amides is 2. The number of fused-ring (bicyclic) bond motifs is 2. The predicted molar refractivity (Wildman–Crippen MR) is 283 cm³/mol. The van der Waals surface area contributed by atoms with Crippen LogP contribution in [0, 0.1) is 78.8 Å². The second-order valence-corrected chi connectivity index (χ2v) is 27.7. The second kappa shape index (κ2) is 21.8. The number of carbonyl (C=O) groups excluding carboxylic acids is 5. The number of halogens is 1. The summed E-state index contributed by atoms with van der Waals surface area (Å²) < 4.78 is 0. The number of nitrogens with two attached hydrogens (primary N) is 2. The van der Waals surface area contributed by atoms with Crippen molar-refractivity contribution >= 4 is 47.7 Å². The highest BCUT2D eigenvalue weighted by Crippen LogP contribution is 2.89. The number of ketones is 2. The molecule has 412 valence electrons. The monoisotopic (exact) mass is 1030 g/mol. The van der Waals surface area contributed by atoms with Crippen molar-refractivity contribution in [3.05, 3.63) is 0 Å². The first-order chi connectivity index (χ1) is 32.9. The Labute approximate surface area is 439 Å². The van der Waals surface area contributed by atoms with Gasteiger partial charge in [-0.05, 0) is 114 Å². The molecule has 13 nitrogen and oxygen atoms in total. The minimum absolute atomic E-state index is 0. The van der Waals surface area contributed by atoms with E-state index in [2.05, 4.69) is 60.7 Å². The molecule has 2 saturated heterocycles. The van der Waals surface area contributed by atoms with Crippen LogP contribution in [0.2, 0.25) is 0 Å². The van der Waals surface area contributed by atoms with E-state index < -0.39 is 42.0 Å². The zero-order valence-electron chi connectivity index (χ0n) is 46.6. The Morgan fingerprint density at radius 1 is 0.625 bits per heavy atom. The number of aliphatic carboxylic acids is 1. The average molecular weight is 1030 g/mol. The van der Waals surface area contributed by atoms with Crippen LogP contribution < -0.4 is 16.8 Å². The van der Waals surface area contributed by atoms with Crippen LogP contribution in [0.15, 0.2) is 0 Å². The van der Waals surface area contributed by atoms with E-state index in [1.807, 2.05) is 32.6 Å². The molecular weight excluding hydrogens is 932 g/mol. The summed E-state index contributed by atoms with van der Waals surface area (Å²) >= 11 is 0. The molecule has 8 fully saturated rings. The number of carboxylic acid groups (broad SMARTS) is 1. The molecule has 4 unspecified atom stereocenters. The molecule has 8 aliphatic rings. The third-order valence-electron chi connectivity index (χ3n) is 22.1. The maximum atomic E-state index is 14.0. The molecule has 8 N–H and O–H groups in total. The third-order valence-corrected chi connectivity index (χ3v) is 22.1.